The van der Waals surface area contributed by atoms with Crippen molar-refractivity contribution in [3.8, 4) is 11.3 Å². The topological polar surface area (TPSA) is 35.5 Å². The van der Waals surface area contributed by atoms with Gasteiger partial charge < -0.3 is 14.7 Å². The Bertz CT molecular complexity index is 896. The van der Waals surface area contributed by atoms with Gasteiger partial charge in [-0.15, -0.1) is 0 Å². The van der Waals surface area contributed by atoms with Crippen LogP contribution < -0.4 is 9.80 Å². The van der Waals surface area contributed by atoms with Gasteiger partial charge in [0, 0.05) is 63.1 Å². The maximum absolute atomic E-state index is 5.05. The number of fused-ring (bicyclic) bond motifs is 1. The van der Waals surface area contributed by atoms with E-state index in [0.29, 0.717) is 0 Å². The van der Waals surface area contributed by atoms with Crippen LogP contribution in [0, 0.1) is 0 Å². The third-order valence-corrected chi connectivity index (χ3v) is 5.06. The van der Waals surface area contributed by atoms with Crippen molar-refractivity contribution in [3.63, 3.8) is 0 Å². The molecule has 0 amide bonds. The van der Waals surface area contributed by atoms with Gasteiger partial charge in [-0.05, 0) is 37.4 Å². The Balaban J connectivity index is 1.78. The van der Waals surface area contributed by atoms with Crippen molar-refractivity contribution < 1.29 is 0 Å². The highest BCUT2D eigenvalue weighted by atomic mass is 15.3. The lowest BCUT2D eigenvalue weighted by Crippen LogP contribution is -2.44. The summed E-state index contributed by atoms with van der Waals surface area (Å²) in [6, 6.07) is 14.8. The summed E-state index contributed by atoms with van der Waals surface area (Å²) in [5.41, 5.74) is 4.30. The number of likely N-dealkylation sites (N-methyl/N-ethyl adjacent to an activating group) is 1. The zero-order chi connectivity index (χ0) is 18.1. The molecule has 5 heteroatoms. The van der Waals surface area contributed by atoms with E-state index >= 15 is 0 Å². The van der Waals surface area contributed by atoms with Crippen LogP contribution in [-0.2, 0) is 0 Å². The lowest BCUT2D eigenvalue weighted by Gasteiger charge is -2.34. The number of pyridine rings is 2. The molecule has 0 N–H and O–H groups in total. The summed E-state index contributed by atoms with van der Waals surface area (Å²) in [6.45, 7) is 4.11. The Morgan fingerprint density at radius 3 is 2.38 bits per heavy atom. The van der Waals surface area contributed by atoms with Gasteiger partial charge in [0.2, 0.25) is 0 Å². The number of hydrogen-bond acceptors (Lipinski definition) is 5. The Hall–Kier alpha value is -2.66. The first kappa shape index (κ1) is 16.8. The zero-order valence-corrected chi connectivity index (χ0v) is 15.7. The van der Waals surface area contributed by atoms with Crippen LogP contribution in [0.4, 0.5) is 11.5 Å². The zero-order valence-electron chi connectivity index (χ0n) is 15.7. The summed E-state index contributed by atoms with van der Waals surface area (Å²) in [6.07, 6.45) is 1.86. The van der Waals surface area contributed by atoms with Crippen LogP contribution in [0.25, 0.3) is 22.2 Å². The molecule has 134 valence electrons. The van der Waals surface area contributed by atoms with Gasteiger partial charge in [0.25, 0.3) is 0 Å². The average molecular weight is 347 g/mol. The molecule has 0 atom stereocenters. The van der Waals surface area contributed by atoms with Gasteiger partial charge in [-0.3, -0.25) is 4.98 Å². The molecule has 0 bridgehead atoms. The van der Waals surface area contributed by atoms with Crippen molar-refractivity contribution in [2.75, 3.05) is 57.1 Å². The summed E-state index contributed by atoms with van der Waals surface area (Å²) < 4.78 is 0. The van der Waals surface area contributed by atoms with Crippen molar-refractivity contribution in [1.29, 1.82) is 0 Å². The second-order valence-electron chi connectivity index (χ2n) is 7.13. The van der Waals surface area contributed by atoms with E-state index in [0.717, 1.165) is 54.2 Å². The van der Waals surface area contributed by atoms with Gasteiger partial charge in [-0.1, -0.05) is 12.1 Å². The smallest absolute Gasteiger partial charge is 0.138 e. The molecule has 0 aliphatic carbocycles. The van der Waals surface area contributed by atoms with E-state index in [2.05, 4.69) is 77.2 Å². The Kier molecular flexibility index (Phi) is 4.47. The third kappa shape index (κ3) is 3.22. The lowest BCUT2D eigenvalue weighted by molar-refractivity contribution is 0.312. The number of hydrogen-bond donors (Lipinski definition) is 0. The predicted octanol–water partition coefficient (Wildman–Crippen LogP) is 3.11. The maximum Gasteiger partial charge on any atom is 0.138 e. The van der Waals surface area contributed by atoms with E-state index in [1.54, 1.807) is 0 Å². The fourth-order valence-corrected chi connectivity index (χ4v) is 3.40. The van der Waals surface area contributed by atoms with Crippen LogP contribution in [0.5, 0.6) is 0 Å². The molecule has 5 nitrogen and oxygen atoms in total. The second kappa shape index (κ2) is 6.92. The van der Waals surface area contributed by atoms with E-state index in [1.165, 1.54) is 5.69 Å². The van der Waals surface area contributed by atoms with E-state index in [9.17, 15) is 0 Å². The van der Waals surface area contributed by atoms with Gasteiger partial charge >= 0.3 is 0 Å². The number of benzene rings is 1. The number of aromatic nitrogens is 2. The molecule has 0 unspecified atom stereocenters. The van der Waals surface area contributed by atoms with Crippen molar-refractivity contribution in [1.82, 2.24) is 14.9 Å². The highest BCUT2D eigenvalue weighted by molar-refractivity contribution is 5.92. The first-order valence-electron chi connectivity index (χ1n) is 9.09. The predicted molar refractivity (Wildman–Crippen MR) is 109 cm³/mol. The molecule has 4 rings (SSSR count). The van der Waals surface area contributed by atoms with Crippen molar-refractivity contribution in [2.24, 2.45) is 0 Å². The van der Waals surface area contributed by atoms with Crippen molar-refractivity contribution in [2.45, 2.75) is 0 Å². The minimum atomic E-state index is 0.982. The molecule has 0 spiro atoms. The van der Waals surface area contributed by atoms with Crippen LogP contribution in [-0.4, -0.2) is 62.2 Å². The average Bonchev–Trinajstić information content (AvgIpc) is 2.68. The summed E-state index contributed by atoms with van der Waals surface area (Å²) in [5.74, 6) is 1.05. The fraction of sp³-hybridized carbons (Fsp3) is 0.333. The van der Waals surface area contributed by atoms with Gasteiger partial charge in [0.15, 0.2) is 0 Å². The summed E-state index contributed by atoms with van der Waals surface area (Å²) in [7, 11) is 6.28. The molecular weight excluding hydrogens is 322 g/mol. The quantitative estimate of drug-likeness (QED) is 0.727. The number of piperazine rings is 1. The Morgan fingerprint density at radius 1 is 0.962 bits per heavy atom. The van der Waals surface area contributed by atoms with Crippen molar-refractivity contribution in [3.05, 3.63) is 48.7 Å². The molecule has 0 saturated carbocycles. The molecule has 0 radical (unpaired) electrons. The minimum Gasteiger partial charge on any atom is -0.378 e. The summed E-state index contributed by atoms with van der Waals surface area (Å²) >= 11 is 0. The first-order valence-corrected chi connectivity index (χ1v) is 9.09. The van der Waals surface area contributed by atoms with E-state index in [4.69, 9.17) is 4.98 Å². The molecule has 1 fully saturated rings. The number of rotatable bonds is 3. The highest BCUT2D eigenvalue weighted by Gasteiger charge is 2.19. The van der Waals surface area contributed by atoms with E-state index in [-0.39, 0.29) is 0 Å². The molecule has 1 aromatic carbocycles. The first-order chi connectivity index (χ1) is 12.6. The van der Waals surface area contributed by atoms with E-state index < -0.39 is 0 Å². The summed E-state index contributed by atoms with van der Waals surface area (Å²) in [5, 5.41) is 1.13. The van der Waals surface area contributed by atoms with Crippen LogP contribution >= 0.6 is 0 Å². The molecular formula is C21H25N5. The highest BCUT2D eigenvalue weighted by Crippen LogP contribution is 2.30. The van der Waals surface area contributed by atoms with Gasteiger partial charge in [0.1, 0.15) is 5.82 Å². The lowest BCUT2D eigenvalue weighted by atomic mass is 10.1. The number of nitrogens with zero attached hydrogens (tertiary/aromatic N) is 5. The van der Waals surface area contributed by atoms with Gasteiger partial charge in [-0.2, -0.15) is 0 Å². The molecule has 2 aromatic heterocycles. The monoisotopic (exact) mass is 347 g/mol. The van der Waals surface area contributed by atoms with Crippen LogP contribution in [0.15, 0.2) is 48.7 Å². The molecule has 3 aromatic rings. The molecule has 1 aliphatic rings. The minimum absolute atomic E-state index is 0.982. The van der Waals surface area contributed by atoms with Gasteiger partial charge in [0.05, 0.1) is 11.2 Å². The largest absolute Gasteiger partial charge is 0.378 e. The number of anilines is 2. The third-order valence-electron chi connectivity index (χ3n) is 5.06. The molecule has 3 heterocycles. The Labute approximate surface area is 154 Å². The van der Waals surface area contributed by atoms with Crippen LogP contribution in [0.1, 0.15) is 0 Å². The second-order valence-corrected chi connectivity index (χ2v) is 7.13. The molecule has 26 heavy (non-hydrogen) atoms. The van der Waals surface area contributed by atoms with Crippen LogP contribution in [0.3, 0.4) is 0 Å². The Morgan fingerprint density at radius 2 is 1.69 bits per heavy atom. The fourth-order valence-electron chi connectivity index (χ4n) is 3.40. The summed E-state index contributed by atoms with van der Waals surface area (Å²) in [4.78, 5) is 16.5. The maximum atomic E-state index is 5.05. The SMILES string of the molecule is CN1CCN(c2nc(-c3ccc(N(C)C)cc3)cc3ncccc23)CC1. The van der Waals surface area contributed by atoms with E-state index in [1.807, 2.05) is 12.3 Å². The molecule has 1 saturated heterocycles. The standard InChI is InChI=1S/C21H25N5/c1-24(2)17-8-6-16(7-9-17)19-15-20-18(5-4-10-22-20)21(23-19)26-13-11-25(3)12-14-26/h4-10,15H,11-14H2,1-3H3. The molecule has 1 aliphatic heterocycles. The van der Waals surface area contributed by atoms with Crippen LogP contribution in [0.2, 0.25) is 0 Å². The normalized spacial score (nSPS) is 15.4. The van der Waals surface area contributed by atoms with Crippen molar-refractivity contribution >= 4 is 22.4 Å². The van der Waals surface area contributed by atoms with Gasteiger partial charge in [-0.25, -0.2) is 4.98 Å².